The summed E-state index contributed by atoms with van der Waals surface area (Å²) in [5.41, 5.74) is 3.72. The van der Waals surface area contributed by atoms with Crippen LogP contribution in [0.3, 0.4) is 0 Å². The number of amidine groups is 1. The first-order valence-corrected chi connectivity index (χ1v) is 11.2. The zero-order chi connectivity index (χ0) is 24.5. The standard InChI is InChI=1S/C25H36N6O2/c1-17(2)13-30-10-9-21-12-28-23(11-22(21)14-30)25(33)29-19(4)8-6-7-18(3)24(27)31(16-26)20(5)15-32/h6-8,11-12,16-17,20,26-27,32H,4,9-10,13-15H2,1-3,5H3,(H,29,33)/b8-6-,18-7+,26-16?,27-24?. The van der Waals surface area contributed by atoms with Crippen LogP contribution >= 0.6 is 0 Å². The van der Waals surface area contributed by atoms with E-state index in [-0.39, 0.29) is 24.4 Å². The number of hydrogen-bond donors (Lipinski definition) is 4. The van der Waals surface area contributed by atoms with Gasteiger partial charge in [-0.25, -0.2) is 0 Å². The van der Waals surface area contributed by atoms with Gasteiger partial charge in [0.25, 0.3) is 5.91 Å². The zero-order valence-electron chi connectivity index (χ0n) is 20.1. The van der Waals surface area contributed by atoms with Gasteiger partial charge in [-0.05, 0) is 55.0 Å². The third kappa shape index (κ3) is 7.47. The van der Waals surface area contributed by atoms with Gasteiger partial charge >= 0.3 is 0 Å². The Labute approximate surface area is 196 Å². The average Bonchev–Trinajstić information content (AvgIpc) is 2.78. The fourth-order valence-electron chi connectivity index (χ4n) is 3.64. The summed E-state index contributed by atoms with van der Waals surface area (Å²) in [4.78, 5) is 20.8. The molecule has 33 heavy (non-hydrogen) atoms. The molecule has 0 bridgehead atoms. The molecule has 0 spiro atoms. The summed E-state index contributed by atoms with van der Waals surface area (Å²) >= 11 is 0. The molecule has 0 saturated carbocycles. The number of aliphatic hydroxyl groups excluding tert-OH is 1. The first kappa shape index (κ1) is 26.2. The Bertz CT molecular complexity index is 950. The van der Waals surface area contributed by atoms with Crippen LogP contribution < -0.4 is 5.32 Å². The molecular formula is C25H36N6O2. The highest BCUT2D eigenvalue weighted by Crippen LogP contribution is 2.20. The van der Waals surface area contributed by atoms with Crippen LogP contribution in [0.2, 0.25) is 0 Å². The molecule has 0 fully saturated rings. The summed E-state index contributed by atoms with van der Waals surface area (Å²) in [6.45, 7) is 14.5. The van der Waals surface area contributed by atoms with E-state index >= 15 is 0 Å². The van der Waals surface area contributed by atoms with Gasteiger partial charge in [0.15, 0.2) is 0 Å². The molecule has 1 aliphatic heterocycles. The van der Waals surface area contributed by atoms with Gasteiger partial charge < -0.3 is 15.3 Å². The van der Waals surface area contributed by atoms with Crippen molar-refractivity contribution in [2.45, 2.75) is 46.7 Å². The number of allylic oxidation sites excluding steroid dienone is 3. The van der Waals surface area contributed by atoms with Crippen molar-refractivity contribution < 1.29 is 9.90 Å². The molecule has 0 aromatic carbocycles. The summed E-state index contributed by atoms with van der Waals surface area (Å²) in [7, 11) is 0. The summed E-state index contributed by atoms with van der Waals surface area (Å²) in [6, 6.07) is 1.51. The maximum absolute atomic E-state index is 12.7. The maximum atomic E-state index is 12.7. The Morgan fingerprint density at radius 2 is 2.12 bits per heavy atom. The fraction of sp³-hybridized carbons (Fsp3) is 0.440. The lowest BCUT2D eigenvalue weighted by atomic mass is 10.00. The molecule has 1 aromatic rings. The topological polar surface area (TPSA) is 116 Å². The number of nitrogens with one attached hydrogen (secondary N) is 3. The molecular weight excluding hydrogens is 416 g/mol. The predicted molar refractivity (Wildman–Crippen MR) is 132 cm³/mol. The Hall–Kier alpha value is -3.10. The number of aliphatic hydroxyl groups is 1. The number of amides is 1. The van der Waals surface area contributed by atoms with Crippen LogP contribution in [0.4, 0.5) is 0 Å². The first-order valence-electron chi connectivity index (χ1n) is 11.2. The lowest BCUT2D eigenvalue weighted by molar-refractivity contribution is 0.0962. The Morgan fingerprint density at radius 1 is 1.39 bits per heavy atom. The number of carbonyl (C=O) groups is 1. The number of pyridine rings is 1. The summed E-state index contributed by atoms with van der Waals surface area (Å²) in [6.07, 6.45) is 8.79. The van der Waals surface area contributed by atoms with Crippen LogP contribution in [-0.4, -0.2) is 63.7 Å². The highest BCUT2D eigenvalue weighted by atomic mass is 16.3. The average molecular weight is 453 g/mol. The molecule has 1 unspecified atom stereocenters. The Balaban J connectivity index is 1.98. The molecule has 1 aromatic heterocycles. The predicted octanol–water partition coefficient (Wildman–Crippen LogP) is 3.11. The second kappa shape index (κ2) is 12.2. The number of fused-ring (bicyclic) bond motifs is 1. The molecule has 2 heterocycles. The third-order valence-corrected chi connectivity index (χ3v) is 5.46. The van der Waals surface area contributed by atoms with E-state index in [0.29, 0.717) is 22.9 Å². The van der Waals surface area contributed by atoms with Crippen LogP contribution in [0.1, 0.15) is 49.3 Å². The fourth-order valence-corrected chi connectivity index (χ4v) is 3.64. The van der Waals surface area contributed by atoms with E-state index in [1.807, 2.05) is 6.07 Å². The summed E-state index contributed by atoms with van der Waals surface area (Å²) in [5.74, 6) is 0.406. The number of aromatic nitrogens is 1. The van der Waals surface area contributed by atoms with Crippen molar-refractivity contribution >= 4 is 18.1 Å². The summed E-state index contributed by atoms with van der Waals surface area (Å²) in [5, 5.41) is 27.7. The van der Waals surface area contributed by atoms with E-state index in [9.17, 15) is 9.90 Å². The normalized spacial score (nSPS) is 15.3. The molecule has 4 N–H and O–H groups in total. The van der Waals surface area contributed by atoms with Gasteiger partial charge in [-0.1, -0.05) is 32.6 Å². The Morgan fingerprint density at radius 3 is 2.76 bits per heavy atom. The van der Waals surface area contributed by atoms with E-state index < -0.39 is 0 Å². The van der Waals surface area contributed by atoms with Crippen LogP contribution in [0.5, 0.6) is 0 Å². The van der Waals surface area contributed by atoms with Crippen molar-refractivity contribution in [2.75, 3.05) is 19.7 Å². The van der Waals surface area contributed by atoms with Crippen molar-refractivity contribution in [3.8, 4) is 0 Å². The molecule has 0 aliphatic carbocycles. The van der Waals surface area contributed by atoms with Crippen LogP contribution in [0.15, 0.2) is 48.3 Å². The molecule has 1 atom stereocenters. The smallest absolute Gasteiger partial charge is 0.274 e. The molecule has 0 radical (unpaired) electrons. The van der Waals surface area contributed by atoms with E-state index in [0.717, 1.165) is 38.0 Å². The van der Waals surface area contributed by atoms with E-state index in [1.54, 1.807) is 38.3 Å². The van der Waals surface area contributed by atoms with Gasteiger partial charge in [0.2, 0.25) is 0 Å². The van der Waals surface area contributed by atoms with Crippen molar-refractivity contribution in [1.29, 1.82) is 10.8 Å². The van der Waals surface area contributed by atoms with E-state index in [2.05, 4.69) is 35.6 Å². The van der Waals surface area contributed by atoms with Crippen molar-refractivity contribution in [3.63, 3.8) is 0 Å². The number of nitrogens with zero attached hydrogens (tertiary/aromatic N) is 3. The minimum atomic E-state index is -0.363. The molecule has 0 saturated heterocycles. The highest BCUT2D eigenvalue weighted by Gasteiger charge is 2.19. The van der Waals surface area contributed by atoms with Crippen molar-refractivity contribution in [3.05, 3.63) is 65.2 Å². The minimum absolute atomic E-state index is 0.121. The molecule has 178 valence electrons. The SMILES string of the molecule is C=C(/C=C\C=C(/C)C(=N)N(C=N)C(C)CO)NC(=O)c1cc2c(cn1)CCN(CC(C)C)C2. The Kier molecular flexibility index (Phi) is 9.69. The largest absolute Gasteiger partial charge is 0.394 e. The van der Waals surface area contributed by atoms with Gasteiger partial charge in [-0.3, -0.25) is 25.5 Å². The molecule has 1 aliphatic rings. The number of rotatable bonds is 10. The van der Waals surface area contributed by atoms with E-state index in [1.165, 1.54) is 10.5 Å². The number of carbonyl (C=O) groups excluding carboxylic acids is 1. The van der Waals surface area contributed by atoms with Crippen molar-refractivity contribution in [1.82, 2.24) is 20.1 Å². The van der Waals surface area contributed by atoms with Gasteiger partial charge in [0.1, 0.15) is 11.5 Å². The highest BCUT2D eigenvalue weighted by molar-refractivity contribution is 6.01. The van der Waals surface area contributed by atoms with Crippen molar-refractivity contribution in [2.24, 2.45) is 5.92 Å². The second-order valence-corrected chi connectivity index (χ2v) is 8.82. The molecule has 1 amide bonds. The second-order valence-electron chi connectivity index (χ2n) is 8.82. The van der Waals surface area contributed by atoms with Gasteiger partial charge in [-0.2, -0.15) is 0 Å². The number of hydrogen-bond acceptors (Lipinski definition) is 6. The monoisotopic (exact) mass is 452 g/mol. The van der Waals surface area contributed by atoms with Crippen LogP contribution in [0.25, 0.3) is 0 Å². The van der Waals surface area contributed by atoms with Crippen LogP contribution in [0, 0.1) is 16.7 Å². The maximum Gasteiger partial charge on any atom is 0.274 e. The molecule has 8 heteroatoms. The molecule has 2 rings (SSSR count). The van der Waals surface area contributed by atoms with Gasteiger partial charge in [0.05, 0.1) is 19.0 Å². The zero-order valence-corrected chi connectivity index (χ0v) is 20.1. The molecule has 8 nitrogen and oxygen atoms in total. The lowest BCUT2D eigenvalue weighted by Gasteiger charge is -2.30. The van der Waals surface area contributed by atoms with Gasteiger partial charge in [-0.15, -0.1) is 0 Å². The minimum Gasteiger partial charge on any atom is -0.394 e. The van der Waals surface area contributed by atoms with E-state index in [4.69, 9.17) is 10.8 Å². The first-order chi connectivity index (χ1) is 15.7. The quantitative estimate of drug-likeness (QED) is 0.247. The van der Waals surface area contributed by atoms with Crippen LogP contribution in [-0.2, 0) is 13.0 Å². The van der Waals surface area contributed by atoms with Gasteiger partial charge in [0, 0.05) is 31.5 Å². The third-order valence-electron chi connectivity index (χ3n) is 5.46. The summed E-state index contributed by atoms with van der Waals surface area (Å²) < 4.78 is 0. The lowest BCUT2D eigenvalue weighted by Crippen LogP contribution is -2.39.